The lowest BCUT2D eigenvalue weighted by Gasteiger charge is -2.34. The SMILES string of the molecule is CC1CCc2ccccc2C1Nc1ccc([N+](=O)[O-])cc1S(=O)(=O)N1CCOCC1. The molecule has 2 aromatic carbocycles. The van der Waals surface area contributed by atoms with Crippen molar-refractivity contribution in [1.29, 1.82) is 0 Å². The summed E-state index contributed by atoms with van der Waals surface area (Å²) in [6.45, 7) is 3.21. The van der Waals surface area contributed by atoms with Gasteiger partial charge in [-0.25, -0.2) is 8.42 Å². The first kappa shape index (κ1) is 20.8. The maximum Gasteiger partial charge on any atom is 0.270 e. The second-order valence-corrected chi connectivity index (χ2v) is 9.70. The van der Waals surface area contributed by atoms with E-state index in [1.165, 1.54) is 22.0 Å². The standard InChI is InChI=1S/C21H25N3O5S/c1-15-6-7-16-4-2-3-5-18(16)21(15)22-19-9-8-17(24(25)26)14-20(19)30(27,28)23-10-12-29-13-11-23/h2-5,8-9,14-15,21-22H,6-7,10-13H2,1H3. The third-order valence-corrected chi connectivity index (χ3v) is 7.84. The summed E-state index contributed by atoms with van der Waals surface area (Å²) < 4.78 is 33.3. The molecule has 2 atom stereocenters. The zero-order chi connectivity index (χ0) is 21.3. The molecule has 4 rings (SSSR count). The van der Waals surface area contributed by atoms with Crippen molar-refractivity contribution in [2.45, 2.75) is 30.7 Å². The van der Waals surface area contributed by atoms with Crippen LogP contribution in [0.2, 0.25) is 0 Å². The molecule has 1 aliphatic carbocycles. The number of hydrogen-bond donors (Lipinski definition) is 1. The maximum atomic E-state index is 13.4. The van der Waals surface area contributed by atoms with Crippen LogP contribution in [0.3, 0.4) is 0 Å². The number of morpholine rings is 1. The van der Waals surface area contributed by atoms with Gasteiger partial charge in [0.25, 0.3) is 5.69 Å². The zero-order valence-corrected chi connectivity index (χ0v) is 17.6. The zero-order valence-electron chi connectivity index (χ0n) is 16.8. The van der Waals surface area contributed by atoms with Gasteiger partial charge in [0, 0.05) is 25.2 Å². The molecule has 0 spiro atoms. The summed E-state index contributed by atoms with van der Waals surface area (Å²) in [6, 6.07) is 12.1. The summed E-state index contributed by atoms with van der Waals surface area (Å²) >= 11 is 0. The molecule has 0 radical (unpaired) electrons. The van der Waals surface area contributed by atoms with Crippen LogP contribution in [0.1, 0.15) is 30.5 Å². The number of ether oxygens (including phenoxy) is 1. The third-order valence-electron chi connectivity index (χ3n) is 5.90. The van der Waals surface area contributed by atoms with E-state index in [0.717, 1.165) is 24.5 Å². The highest BCUT2D eigenvalue weighted by Gasteiger charge is 2.33. The van der Waals surface area contributed by atoms with E-state index in [2.05, 4.69) is 24.4 Å². The third kappa shape index (κ3) is 3.92. The van der Waals surface area contributed by atoms with Gasteiger partial charge >= 0.3 is 0 Å². The number of nitrogens with zero attached hydrogens (tertiary/aromatic N) is 2. The van der Waals surface area contributed by atoms with Crippen molar-refractivity contribution in [1.82, 2.24) is 4.31 Å². The summed E-state index contributed by atoms with van der Waals surface area (Å²) in [5.41, 5.74) is 2.53. The largest absolute Gasteiger partial charge is 0.379 e. The first-order chi connectivity index (χ1) is 14.4. The predicted octanol–water partition coefficient (Wildman–Crippen LogP) is 3.35. The molecule has 9 heteroatoms. The first-order valence-electron chi connectivity index (χ1n) is 10.1. The Morgan fingerprint density at radius 2 is 1.90 bits per heavy atom. The van der Waals surface area contributed by atoms with Gasteiger partial charge in [0.2, 0.25) is 10.0 Å². The van der Waals surface area contributed by atoms with Crippen molar-refractivity contribution in [3.05, 3.63) is 63.7 Å². The monoisotopic (exact) mass is 431 g/mol. The fraction of sp³-hybridized carbons (Fsp3) is 0.429. The van der Waals surface area contributed by atoms with Crippen LogP contribution in [-0.2, 0) is 21.2 Å². The molecule has 0 saturated carbocycles. The van der Waals surface area contributed by atoms with Crippen molar-refractivity contribution < 1.29 is 18.1 Å². The Morgan fingerprint density at radius 1 is 1.17 bits per heavy atom. The molecule has 1 heterocycles. The molecule has 0 amide bonds. The Balaban J connectivity index is 1.76. The number of rotatable bonds is 5. The molecule has 160 valence electrons. The Hall–Kier alpha value is -2.49. The van der Waals surface area contributed by atoms with Crippen molar-refractivity contribution in [3.8, 4) is 0 Å². The van der Waals surface area contributed by atoms with Crippen molar-refractivity contribution >= 4 is 21.4 Å². The van der Waals surface area contributed by atoms with Crippen LogP contribution >= 0.6 is 0 Å². The minimum atomic E-state index is -3.91. The average Bonchev–Trinajstić information content (AvgIpc) is 2.76. The van der Waals surface area contributed by atoms with Gasteiger partial charge < -0.3 is 10.1 Å². The van der Waals surface area contributed by atoms with E-state index in [9.17, 15) is 18.5 Å². The Morgan fingerprint density at radius 3 is 2.63 bits per heavy atom. The molecule has 8 nitrogen and oxygen atoms in total. The minimum Gasteiger partial charge on any atom is -0.379 e. The average molecular weight is 432 g/mol. The van der Waals surface area contributed by atoms with Gasteiger partial charge in [-0.05, 0) is 36.0 Å². The van der Waals surface area contributed by atoms with E-state index >= 15 is 0 Å². The molecular formula is C21H25N3O5S. The van der Waals surface area contributed by atoms with E-state index in [1.54, 1.807) is 0 Å². The number of sulfonamides is 1. The van der Waals surface area contributed by atoms with Crippen LogP contribution in [0, 0.1) is 16.0 Å². The van der Waals surface area contributed by atoms with Crippen LogP contribution in [0.5, 0.6) is 0 Å². The topological polar surface area (TPSA) is 102 Å². The lowest BCUT2D eigenvalue weighted by molar-refractivity contribution is -0.385. The van der Waals surface area contributed by atoms with Crippen LogP contribution in [-0.4, -0.2) is 43.9 Å². The maximum absolute atomic E-state index is 13.4. The highest BCUT2D eigenvalue weighted by atomic mass is 32.2. The summed E-state index contributed by atoms with van der Waals surface area (Å²) in [7, 11) is -3.91. The number of non-ortho nitro benzene ring substituents is 1. The van der Waals surface area contributed by atoms with Crippen LogP contribution in [0.4, 0.5) is 11.4 Å². The van der Waals surface area contributed by atoms with E-state index in [-0.39, 0.29) is 35.6 Å². The molecule has 2 aromatic rings. The Labute approximate surface area is 176 Å². The smallest absolute Gasteiger partial charge is 0.270 e. The molecular weight excluding hydrogens is 406 g/mol. The molecule has 30 heavy (non-hydrogen) atoms. The summed E-state index contributed by atoms with van der Waals surface area (Å²) in [5.74, 6) is 0.286. The van der Waals surface area contributed by atoms with Gasteiger partial charge in [-0.15, -0.1) is 0 Å². The molecule has 0 bridgehead atoms. The summed E-state index contributed by atoms with van der Waals surface area (Å²) in [6.07, 6.45) is 1.96. The number of nitrogens with one attached hydrogen (secondary N) is 1. The number of fused-ring (bicyclic) bond motifs is 1. The number of hydrogen-bond acceptors (Lipinski definition) is 6. The second-order valence-electron chi connectivity index (χ2n) is 7.79. The molecule has 1 aliphatic heterocycles. The van der Waals surface area contributed by atoms with Crippen LogP contribution < -0.4 is 5.32 Å². The lowest BCUT2D eigenvalue weighted by Crippen LogP contribution is -2.41. The van der Waals surface area contributed by atoms with Gasteiger partial charge in [0.1, 0.15) is 4.90 Å². The quantitative estimate of drug-likeness (QED) is 0.575. The van der Waals surface area contributed by atoms with E-state index in [0.29, 0.717) is 18.9 Å². The predicted molar refractivity (Wildman–Crippen MR) is 113 cm³/mol. The van der Waals surface area contributed by atoms with E-state index in [4.69, 9.17) is 4.74 Å². The van der Waals surface area contributed by atoms with Gasteiger partial charge in [-0.2, -0.15) is 4.31 Å². The second kappa shape index (κ2) is 8.33. The first-order valence-corrected chi connectivity index (χ1v) is 11.5. The van der Waals surface area contributed by atoms with Crippen molar-refractivity contribution in [2.24, 2.45) is 5.92 Å². The number of aryl methyl sites for hydroxylation is 1. The number of anilines is 1. The summed E-state index contributed by atoms with van der Waals surface area (Å²) in [4.78, 5) is 10.7. The molecule has 1 N–H and O–H groups in total. The Kier molecular flexibility index (Phi) is 5.77. The van der Waals surface area contributed by atoms with Gasteiger partial charge in [0.15, 0.2) is 0 Å². The van der Waals surface area contributed by atoms with Gasteiger partial charge in [-0.1, -0.05) is 31.2 Å². The van der Waals surface area contributed by atoms with Gasteiger partial charge in [0.05, 0.1) is 29.9 Å². The molecule has 1 saturated heterocycles. The molecule has 2 aliphatic rings. The van der Waals surface area contributed by atoms with Crippen molar-refractivity contribution in [3.63, 3.8) is 0 Å². The van der Waals surface area contributed by atoms with Crippen LogP contribution in [0.15, 0.2) is 47.4 Å². The number of benzene rings is 2. The summed E-state index contributed by atoms with van der Waals surface area (Å²) in [5, 5.41) is 14.7. The van der Waals surface area contributed by atoms with Gasteiger partial charge in [-0.3, -0.25) is 10.1 Å². The minimum absolute atomic E-state index is 0.0612. The fourth-order valence-electron chi connectivity index (χ4n) is 4.19. The van der Waals surface area contributed by atoms with Crippen molar-refractivity contribution in [2.75, 3.05) is 31.6 Å². The lowest BCUT2D eigenvalue weighted by atomic mass is 9.80. The fourth-order valence-corrected chi connectivity index (χ4v) is 5.77. The number of nitro benzene ring substituents is 1. The number of nitro groups is 1. The highest BCUT2D eigenvalue weighted by molar-refractivity contribution is 7.89. The molecule has 0 aromatic heterocycles. The van der Waals surface area contributed by atoms with E-state index < -0.39 is 14.9 Å². The van der Waals surface area contributed by atoms with E-state index in [1.807, 2.05) is 12.1 Å². The highest BCUT2D eigenvalue weighted by Crippen LogP contribution is 2.39. The van der Waals surface area contributed by atoms with Crippen LogP contribution in [0.25, 0.3) is 0 Å². The normalized spacial score (nSPS) is 22.3. The molecule has 1 fully saturated rings. The Bertz CT molecular complexity index is 1050. The molecule has 2 unspecified atom stereocenters.